The molecule has 3 aromatic rings. The fraction of sp³-hybridized carbons (Fsp3) is 0.0556. The van der Waals surface area contributed by atoms with E-state index in [4.69, 9.17) is 23.2 Å². The third kappa shape index (κ3) is 5.57. The van der Waals surface area contributed by atoms with Crippen molar-refractivity contribution < 1.29 is 4.79 Å². The minimum absolute atomic E-state index is 0.191. The summed E-state index contributed by atoms with van der Waals surface area (Å²) in [5.41, 5.74) is 5.22. The van der Waals surface area contributed by atoms with Crippen LogP contribution in [0.2, 0.25) is 10.0 Å². The standard InChI is InChI=1S/C18H13Cl2N3OS2/c19-14-5-1-12(2-6-14)9-21-23-17(24)11-26-18-22-16(10-25-18)13-3-7-15(20)8-4-13/h1-10H,11H2,(H,23,24)/b21-9+. The molecule has 1 aromatic heterocycles. The summed E-state index contributed by atoms with van der Waals surface area (Å²) in [5.74, 6) is 0.0504. The van der Waals surface area contributed by atoms with E-state index in [1.54, 1.807) is 18.3 Å². The van der Waals surface area contributed by atoms with Crippen LogP contribution in [0.4, 0.5) is 0 Å². The molecule has 0 aliphatic heterocycles. The van der Waals surface area contributed by atoms with Crippen LogP contribution in [0.5, 0.6) is 0 Å². The maximum atomic E-state index is 11.9. The number of halogens is 2. The zero-order valence-electron chi connectivity index (χ0n) is 13.4. The van der Waals surface area contributed by atoms with Gasteiger partial charge < -0.3 is 0 Å². The third-order valence-corrected chi connectivity index (χ3v) is 5.75. The Balaban J connectivity index is 1.48. The lowest BCUT2D eigenvalue weighted by Gasteiger charge is -1.98. The van der Waals surface area contributed by atoms with Crippen LogP contribution in [0.15, 0.2) is 63.4 Å². The minimum Gasteiger partial charge on any atom is -0.272 e. The molecule has 0 radical (unpaired) electrons. The molecule has 0 unspecified atom stereocenters. The summed E-state index contributed by atoms with van der Waals surface area (Å²) in [6.45, 7) is 0. The topological polar surface area (TPSA) is 54.4 Å². The first-order valence-electron chi connectivity index (χ1n) is 7.52. The Morgan fingerprint density at radius 1 is 1.12 bits per heavy atom. The van der Waals surface area contributed by atoms with Crippen molar-refractivity contribution in [1.82, 2.24) is 10.4 Å². The molecule has 8 heteroatoms. The zero-order valence-corrected chi connectivity index (χ0v) is 16.5. The number of amides is 1. The summed E-state index contributed by atoms with van der Waals surface area (Å²) in [7, 11) is 0. The Labute approximate surface area is 169 Å². The van der Waals surface area contributed by atoms with Gasteiger partial charge in [0.15, 0.2) is 4.34 Å². The fourth-order valence-electron chi connectivity index (χ4n) is 1.96. The van der Waals surface area contributed by atoms with Crippen molar-refractivity contribution in [2.24, 2.45) is 5.10 Å². The fourth-order valence-corrected chi connectivity index (χ4v) is 3.84. The van der Waals surface area contributed by atoms with E-state index in [-0.39, 0.29) is 11.7 Å². The molecule has 0 aliphatic rings. The Hall–Kier alpha value is -1.86. The molecule has 0 aliphatic carbocycles. The van der Waals surface area contributed by atoms with Gasteiger partial charge in [0.1, 0.15) is 0 Å². The largest absolute Gasteiger partial charge is 0.272 e. The van der Waals surface area contributed by atoms with Crippen LogP contribution in [0.25, 0.3) is 11.3 Å². The highest BCUT2D eigenvalue weighted by Crippen LogP contribution is 2.28. The van der Waals surface area contributed by atoms with Crippen molar-refractivity contribution in [1.29, 1.82) is 0 Å². The second kappa shape index (κ2) is 9.19. The summed E-state index contributed by atoms with van der Waals surface area (Å²) < 4.78 is 0.826. The number of hydrogen-bond donors (Lipinski definition) is 1. The first-order valence-corrected chi connectivity index (χ1v) is 10.1. The van der Waals surface area contributed by atoms with Crippen molar-refractivity contribution in [3.8, 4) is 11.3 Å². The normalized spacial score (nSPS) is 11.0. The number of thiazole rings is 1. The van der Waals surface area contributed by atoms with Gasteiger partial charge in [0.05, 0.1) is 17.7 Å². The number of rotatable bonds is 6. The van der Waals surface area contributed by atoms with Crippen LogP contribution >= 0.6 is 46.3 Å². The van der Waals surface area contributed by atoms with Gasteiger partial charge in [0.25, 0.3) is 5.91 Å². The van der Waals surface area contributed by atoms with Crippen molar-refractivity contribution >= 4 is 58.4 Å². The molecule has 0 fully saturated rings. The summed E-state index contributed by atoms with van der Waals surface area (Å²) >= 11 is 14.6. The summed E-state index contributed by atoms with van der Waals surface area (Å²) in [4.78, 5) is 16.4. The van der Waals surface area contributed by atoms with Crippen molar-refractivity contribution in [3.63, 3.8) is 0 Å². The van der Waals surface area contributed by atoms with Gasteiger partial charge in [-0.05, 0) is 29.8 Å². The molecular weight excluding hydrogens is 409 g/mol. The minimum atomic E-state index is -0.191. The maximum absolute atomic E-state index is 11.9. The highest BCUT2D eigenvalue weighted by molar-refractivity contribution is 8.01. The second-order valence-electron chi connectivity index (χ2n) is 5.14. The summed E-state index contributed by atoms with van der Waals surface area (Å²) in [6.07, 6.45) is 1.57. The van der Waals surface area contributed by atoms with E-state index < -0.39 is 0 Å². The molecule has 1 N–H and O–H groups in total. The van der Waals surface area contributed by atoms with Crippen LogP contribution in [-0.2, 0) is 4.79 Å². The van der Waals surface area contributed by atoms with E-state index in [9.17, 15) is 4.79 Å². The van der Waals surface area contributed by atoms with Crippen LogP contribution < -0.4 is 5.43 Å². The van der Waals surface area contributed by atoms with Gasteiger partial charge in [-0.25, -0.2) is 10.4 Å². The van der Waals surface area contributed by atoms with Gasteiger partial charge in [0.2, 0.25) is 0 Å². The summed E-state index contributed by atoms with van der Waals surface area (Å²) in [6, 6.07) is 14.7. The smallest absolute Gasteiger partial charge is 0.250 e. The molecule has 4 nitrogen and oxygen atoms in total. The maximum Gasteiger partial charge on any atom is 0.250 e. The lowest BCUT2D eigenvalue weighted by Crippen LogP contribution is -2.19. The monoisotopic (exact) mass is 421 g/mol. The Morgan fingerprint density at radius 3 is 2.46 bits per heavy atom. The molecule has 0 spiro atoms. The van der Waals surface area contributed by atoms with E-state index >= 15 is 0 Å². The quantitative estimate of drug-likeness (QED) is 0.331. The van der Waals surface area contributed by atoms with E-state index in [1.807, 2.05) is 41.8 Å². The van der Waals surface area contributed by atoms with Gasteiger partial charge >= 0.3 is 0 Å². The highest BCUT2D eigenvalue weighted by Gasteiger charge is 2.07. The number of benzene rings is 2. The molecule has 0 saturated carbocycles. The van der Waals surface area contributed by atoms with Crippen molar-refractivity contribution in [3.05, 3.63) is 69.5 Å². The average molecular weight is 422 g/mol. The number of aromatic nitrogens is 1. The van der Waals surface area contributed by atoms with E-state index in [0.717, 1.165) is 21.2 Å². The third-order valence-electron chi connectivity index (χ3n) is 3.22. The number of thioether (sulfide) groups is 1. The van der Waals surface area contributed by atoms with Gasteiger partial charge in [-0.2, -0.15) is 5.10 Å². The number of hydrazone groups is 1. The van der Waals surface area contributed by atoms with Crippen LogP contribution in [0, 0.1) is 0 Å². The number of nitrogens with one attached hydrogen (secondary N) is 1. The Kier molecular flexibility index (Phi) is 6.68. The predicted molar refractivity (Wildman–Crippen MR) is 110 cm³/mol. The van der Waals surface area contributed by atoms with Crippen LogP contribution in [-0.4, -0.2) is 22.9 Å². The molecule has 0 bridgehead atoms. The first-order chi connectivity index (χ1) is 12.6. The van der Waals surface area contributed by atoms with E-state index in [2.05, 4.69) is 15.5 Å². The molecule has 2 aromatic carbocycles. The molecule has 3 rings (SSSR count). The highest BCUT2D eigenvalue weighted by atomic mass is 35.5. The number of hydrogen-bond acceptors (Lipinski definition) is 5. The molecule has 132 valence electrons. The average Bonchev–Trinajstić information content (AvgIpc) is 3.11. The molecule has 26 heavy (non-hydrogen) atoms. The lowest BCUT2D eigenvalue weighted by molar-refractivity contribution is -0.118. The van der Waals surface area contributed by atoms with Crippen LogP contribution in [0.1, 0.15) is 5.56 Å². The zero-order chi connectivity index (χ0) is 18.4. The molecule has 1 amide bonds. The second-order valence-corrected chi connectivity index (χ2v) is 8.09. The molecule has 0 saturated heterocycles. The van der Waals surface area contributed by atoms with Crippen molar-refractivity contribution in [2.45, 2.75) is 4.34 Å². The van der Waals surface area contributed by atoms with E-state index in [0.29, 0.717) is 10.0 Å². The predicted octanol–water partition coefficient (Wildman–Crippen LogP) is 5.36. The Bertz CT molecular complexity index is 909. The number of nitrogens with zero attached hydrogens (tertiary/aromatic N) is 2. The number of carbonyl (C=O) groups is 1. The summed E-state index contributed by atoms with van der Waals surface area (Å²) in [5, 5.41) is 7.24. The van der Waals surface area contributed by atoms with Gasteiger partial charge in [-0.15, -0.1) is 11.3 Å². The molecule has 1 heterocycles. The van der Waals surface area contributed by atoms with Crippen LogP contribution in [0.3, 0.4) is 0 Å². The molecular formula is C18H13Cl2N3OS2. The Morgan fingerprint density at radius 2 is 1.77 bits per heavy atom. The van der Waals surface area contributed by atoms with Gasteiger partial charge in [-0.1, -0.05) is 59.2 Å². The van der Waals surface area contributed by atoms with Gasteiger partial charge in [-0.3, -0.25) is 4.79 Å². The SMILES string of the molecule is O=C(CSc1nc(-c2ccc(Cl)cc2)cs1)N/N=C/c1ccc(Cl)cc1. The van der Waals surface area contributed by atoms with Gasteiger partial charge in [0, 0.05) is 21.0 Å². The first kappa shape index (κ1) is 18.9. The molecule has 0 atom stereocenters. The van der Waals surface area contributed by atoms with Crippen molar-refractivity contribution in [2.75, 3.05) is 5.75 Å². The van der Waals surface area contributed by atoms with E-state index in [1.165, 1.54) is 23.1 Å². The lowest BCUT2D eigenvalue weighted by atomic mass is 10.2. The number of carbonyl (C=O) groups excluding carboxylic acids is 1.